The summed E-state index contributed by atoms with van der Waals surface area (Å²) in [6, 6.07) is 3.86. The van der Waals surface area contributed by atoms with E-state index in [0.29, 0.717) is 25.5 Å². The van der Waals surface area contributed by atoms with E-state index >= 15 is 0 Å². The molecule has 2 rings (SSSR count). The van der Waals surface area contributed by atoms with Gasteiger partial charge in [0.25, 0.3) is 0 Å². The van der Waals surface area contributed by atoms with Crippen LogP contribution in [0.25, 0.3) is 0 Å². The smallest absolute Gasteiger partial charge is 0.356 e. The quantitative estimate of drug-likeness (QED) is 0.479. The van der Waals surface area contributed by atoms with Gasteiger partial charge in [0.15, 0.2) is 17.6 Å². The van der Waals surface area contributed by atoms with E-state index in [1.54, 1.807) is 7.05 Å². The first kappa shape index (κ1) is 19.4. The molecule has 0 amide bonds. The van der Waals surface area contributed by atoms with Crippen LogP contribution in [0.5, 0.6) is 0 Å². The van der Waals surface area contributed by atoms with Crippen LogP contribution < -0.4 is 10.6 Å². The largest absolute Gasteiger partial charge is 0.401 e. The highest BCUT2D eigenvalue weighted by Crippen LogP contribution is 2.19. The van der Waals surface area contributed by atoms with Crippen molar-refractivity contribution in [2.75, 3.05) is 33.2 Å². The third-order valence-corrected chi connectivity index (χ3v) is 3.96. The summed E-state index contributed by atoms with van der Waals surface area (Å²) in [5.74, 6) is -1.34. The lowest BCUT2D eigenvalue weighted by atomic mass is 10.1. The molecule has 2 N–H and O–H groups in total. The van der Waals surface area contributed by atoms with Gasteiger partial charge in [-0.25, -0.2) is 8.78 Å². The van der Waals surface area contributed by atoms with E-state index in [-0.39, 0.29) is 24.6 Å². The maximum Gasteiger partial charge on any atom is 0.401 e. The summed E-state index contributed by atoms with van der Waals surface area (Å²) in [4.78, 5) is 5.35. The van der Waals surface area contributed by atoms with Gasteiger partial charge < -0.3 is 10.6 Å². The van der Waals surface area contributed by atoms with E-state index < -0.39 is 24.4 Å². The molecule has 1 aromatic rings. The SMILES string of the molecule is CN=C(NCCc1cccc(F)c1F)NC1CCN(CC(F)(F)F)C1. The number of rotatable bonds is 5. The first-order chi connectivity index (χ1) is 11.8. The van der Waals surface area contributed by atoms with Crippen molar-refractivity contribution < 1.29 is 22.0 Å². The predicted octanol–water partition coefficient (Wildman–Crippen LogP) is 2.31. The maximum absolute atomic E-state index is 13.6. The first-order valence-electron chi connectivity index (χ1n) is 7.97. The van der Waals surface area contributed by atoms with Crippen LogP contribution in [-0.2, 0) is 6.42 Å². The normalized spacial score (nSPS) is 19.3. The third-order valence-electron chi connectivity index (χ3n) is 3.96. The number of halogens is 5. The predicted molar refractivity (Wildman–Crippen MR) is 85.5 cm³/mol. The molecule has 1 aliphatic heterocycles. The highest BCUT2D eigenvalue weighted by atomic mass is 19.4. The average molecular weight is 364 g/mol. The summed E-state index contributed by atoms with van der Waals surface area (Å²) in [6.07, 6.45) is -3.37. The minimum atomic E-state index is -4.20. The summed E-state index contributed by atoms with van der Waals surface area (Å²) in [5, 5.41) is 6.02. The van der Waals surface area contributed by atoms with Crippen molar-refractivity contribution in [2.24, 2.45) is 4.99 Å². The molecule has 25 heavy (non-hydrogen) atoms. The van der Waals surface area contributed by atoms with Crippen LogP contribution in [0.1, 0.15) is 12.0 Å². The molecule has 1 heterocycles. The minimum absolute atomic E-state index is 0.139. The molecule has 1 aliphatic rings. The monoisotopic (exact) mass is 364 g/mol. The lowest BCUT2D eigenvalue weighted by Crippen LogP contribution is -2.45. The summed E-state index contributed by atoms with van der Waals surface area (Å²) in [7, 11) is 1.54. The van der Waals surface area contributed by atoms with Gasteiger partial charge >= 0.3 is 6.18 Å². The van der Waals surface area contributed by atoms with E-state index in [1.165, 1.54) is 17.0 Å². The molecule has 1 fully saturated rings. The van der Waals surface area contributed by atoms with Gasteiger partial charge in [0.1, 0.15) is 0 Å². The molecule has 0 spiro atoms. The summed E-state index contributed by atoms with van der Waals surface area (Å²) in [6.45, 7) is 0.0382. The molecule has 1 aromatic carbocycles. The van der Waals surface area contributed by atoms with Crippen LogP contribution in [0.4, 0.5) is 22.0 Å². The van der Waals surface area contributed by atoms with Crippen LogP contribution in [0, 0.1) is 11.6 Å². The van der Waals surface area contributed by atoms with Gasteiger partial charge in [0.2, 0.25) is 0 Å². The summed E-state index contributed by atoms with van der Waals surface area (Å²) in [5.41, 5.74) is 0.250. The number of nitrogens with zero attached hydrogens (tertiary/aromatic N) is 2. The molecular formula is C16H21F5N4. The lowest BCUT2D eigenvalue weighted by molar-refractivity contribution is -0.143. The van der Waals surface area contributed by atoms with E-state index in [9.17, 15) is 22.0 Å². The highest BCUT2D eigenvalue weighted by Gasteiger charge is 2.34. The molecule has 0 aliphatic carbocycles. The minimum Gasteiger partial charge on any atom is -0.356 e. The van der Waals surface area contributed by atoms with E-state index in [2.05, 4.69) is 15.6 Å². The molecule has 0 radical (unpaired) electrons. The van der Waals surface area contributed by atoms with Gasteiger partial charge in [0, 0.05) is 32.7 Å². The van der Waals surface area contributed by atoms with E-state index in [0.717, 1.165) is 6.07 Å². The van der Waals surface area contributed by atoms with Crippen LogP contribution in [0.15, 0.2) is 23.2 Å². The van der Waals surface area contributed by atoms with Crippen LogP contribution >= 0.6 is 0 Å². The Bertz CT molecular complexity index is 603. The third kappa shape index (κ3) is 6.15. The fraction of sp³-hybridized carbons (Fsp3) is 0.562. The molecule has 0 aromatic heterocycles. The molecule has 1 saturated heterocycles. The average Bonchev–Trinajstić information content (AvgIpc) is 2.95. The van der Waals surface area contributed by atoms with Crippen molar-refractivity contribution in [1.29, 1.82) is 0 Å². The first-order valence-corrected chi connectivity index (χ1v) is 7.97. The molecule has 4 nitrogen and oxygen atoms in total. The molecular weight excluding hydrogens is 343 g/mol. The highest BCUT2D eigenvalue weighted by molar-refractivity contribution is 5.80. The van der Waals surface area contributed by atoms with Crippen molar-refractivity contribution in [2.45, 2.75) is 25.1 Å². The summed E-state index contributed by atoms with van der Waals surface area (Å²) >= 11 is 0. The lowest BCUT2D eigenvalue weighted by Gasteiger charge is -2.19. The second kappa shape index (κ2) is 8.46. The number of guanidine groups is 1. The van der Waals surface area contributed by atoms with E-state index in [4.69, 9.17) is 0 Å². The Hall–Kier alpha value is -1.90. The van der Waals surface area contributed by atoms with Gasteiger partial charge in [0.05, 0.1) is 6.54 Å². The number of aliphatic imine (C=N–C) groups is 1. The van der Waals surface area contributed by atoms with Gasteiger partial charge in [-0.1, -0.05) is 12.1 Å². The van der Waals surface area contributed by atoms with Crippen LogP contribution in [-0.4, -0.2) is 56.3 Å². The van der Waals surface area contributed by atoms with Crippen LogP contribution in [0.3, 0.4) is 0 Å². The van der Waals surface area contributed by atoms with Gasteiger partial charge in [-0.05, 0) is 24.5 Å². The van der Waals surface area contributed by atoms with Crippen molar-refractivity contribution in [3.05, 3.63) is 35.4 Å². The number of hydrogen-bond acceptors (Lipinski definition) is 2. The van der Waals surface area contributed by atoms with E-state index in [1.807, 2.05) is 0 Å². The van der Waals surface area contributed by atoms with Crippen molar-refractivity contribution in [1.82, 2.24) is 15.5 Å². The number of hydrogen-bond donors (Lipinski definition) is 2. The van der Waals surface area contributed by atoms with Gasteiger partial charge in [-0.3, -0.25) is 9.89 Å². The molecule has 1 atom stereocenters. The Morgan fingerprint density at radius 3 is 2.76 bits per heavy atom. The Morgan fingerprint density at radius 2 is 2.08 bits per heavy atom. The molecule has 0 bridgehead atoms. The van der Waals surface area contributed by atoms with Crippen molar-refractivity contribution >= 4 is 5.96 Å². The Morgan fingerprint density at radius 1 is 1.32 bits per heavy atom. The topological polar surface area (TPSA) is 39.7 Å². The Kier molecular flexibility index (Phi) is 6.57. The standard InChI is InChI=1S/C16H21F5N4/c1-22-15(23-7-5-11-3-2-4-13(17)14(11)18)24-12-6-8-25(9-12)10-16(19,20)21/h2-4,12H,5-10H2,1H3,(H2,22,23,24). The molecule has 1 unspecified atom stereocenters. The zero-order chi connectivity index (χ0) is 18.4. The maximum atomic E-state index is 13.6. The Labute approximate surface area is 143 Å². The number of nitrogens with one attached hydrogen (secondary N) is 2. The number of alkyl halides is 3. The second-order valence-electron chi connectivity index (χ2n) is 5.94. The van der Waals surface area contributed by atoms with Crippen LogP contribution in [0.2, 0.25) is 0 Å². The molecule has 0 saturated carbocycles. The fourth-order valence-corrected chi connectivity index (χ4v) is 2.79. The van der Waals surface area contributed by atoms with Gasteiger partial charge in [-0.2, -0.15) is 13.2 Å². The zero-order valence-corrected chi connectivity index (χ0v) is 13.8. The Balaban J connectivity index is 1.77. The van der Waals surface area contributed by atoms with Crippen molar-refractivity contribution in [3.8, 4) is 0 Å². The van der Waals surface area contributed by atoms with Gasteiger partial charge in [-0.15, -0.1) is 0 Å². The van der Waals surface area contributed by atoms with Crippen molar-refractivity contribution in [3.63, 3.8) is 0 Å². The fourth-order valence-electron chi connectivity index (χ4n) is 2.79. The molecule has 140 valence electrons. The summed E-state index contributed by atoms with van der Waals surface area (Å²) < 4.78 is 63.9. The zero-order valence-electron chi connectivity index (χ0n) is 13.8. The number of likely N-dealkylation sites (tertiary alicyclic amines) is 1. The molecule has 9 heteroatoms. The second-order valence-corrected chi connectivity index (χ2v) is 5.94. The number of benzene rings is 1.